The number of ether oxygens (including phenoxy) is 2. The van der Waals surface area contributed by atoms with Crippen molar-refractivity contribution in [2.24, 2.45) is 5.92 Å². The van der Waals surface area contributed by atoms with Gasteiger partial charge in [-0.3, -0.25) is 34.2 Å². The molecule has 0 saturated carbocycles. The van der Waals surface area contributed by atoms with Crippen LogP contribution >= 0.6 is 0 Å². The van der Waals surface area contributed by atoms with Crippen molar-refractivity contribution in [2.75, 3.05) is 26.1 Å². The molecule has 1 atom stereocenters. The van der Waals surface area contributed by atoms with E-state index in [1.807, 2.05) is 0 Å². The molecule has 12 heteroatoms. The second kappa shape index (κ2) is 11.2. The smallest absolute Gasteiger partial charge is 0.272 e. The van der Waals surface area contributed by atoms with Gasteiger partial charge in [0.25, 0.3) is 17.0 Å². The molecular formula is C24H27N5O7. The summed E-state index contributed by atoms with van der Waals surface area (Å²) in [5.41, 5.74) is -0.738. The molecule has 0 bridgehead atoms. The van der Waals surface area contributed by atoms with E-state index in [-0.39, 0.29) is 27.9 Å². The molecule has 0 aliphatic heterocycles. The predicted molar refractivity (Wildman–Crippen MR) is 132 cm³/mol. The van der Waals surface area contributed by atoms with Gasteiger partial charge in [0, 0.05) is 11.6 Å². The molecule has 12 nitrogen and oxygen atoms in total. The Kier molecular flexibility index (Phi) is 8.10. The predicted octanol–water partition coefficient (Wildman–Crippen LogP) is 0.743. The van der Waals surface area contributed by atoms with Crippen molar-refractivity contribution < 1.29 is 23.9 Å². The van der Waals surface area contributed by atoms with Gasteiger partial charge < -0.3 is 25.4 Å². The lowest BCUT2D eigenvalue weighted by Crippen LogP contribution is -2.51. The van der Waals surface area contributed by atoms with Crippen LogP contribution in [0.2, 0.25) is 0 Å². The molecule has 0 saturated heterocycles. The number of methoxy groups -OCH3 is 2. The van der Waals surface area contributed by atoms with E-state index >= 15 is 0 Å². The van der Waals surface area contributed by atoms with Crippen molar-refractivity contribution >= 4 is 34.2 Å². The summed E-state index contributed by atoms with van der Waals surface area (Å²) in [7, 11) is 2.91. The molecule has 2 aromatic carbocycles. The molecular weight excluding hydrogens is 470 g/mol. The average molecular weight is 498 g/mol. The molecule has 0 fully saturated rings. The van der Waals surface area contributed by atoms with Gasteiger partial charge in [-0.25, -0.2) is 0 Å². The number of anilines is 1. The molecule has 0 aliphatic rings. The third-order valence-electron chi connectivity index (χ3n) is 5.37. The number of hydrogen-bond acceptors (Lipinski definition) is 7. The molecule has 1 unspecified atom stereocenters. The Hall–Kier alpha value is -4.61. The van der Waals surface area contributed by atoms with Crippen LogP contribution in [0.3, 0.4) is 0 Å². The SMILES string of the molecule is COc1cc(OC)cc(C(=O)NC(C(=O)NCC(=O)Nc2cccc3c(=O)[nH][nH]c(=O)c23)C(C)C)c1. The third kappa shape index (κ3) is 5.90. The van der Waals surface area contributed by atoms with Crippen molar-refractivity contribution in [2.45, 2.75) is 19.9 Å². The average Bonchev–Trinajstić information content (AvgIpc) is 2.87. The lowest BCUT2D eigenvalue weighted by Gasteiger charge is -2.22. The minimum Gasteiger partial charge on any atom is -0.497 e. The summed E-state index contributed by atoms with van der Waals surface area (Å²) in [5, 5.41) is 12.2. The maximum Gasteiger partial charge on any atom is 0.272 e. The summed E-state index contributed by atoms with van der Waals surface area (Å²) in [4.78, 5) is 62.2. The second-order valence-corrected chi connectivity index (χ2v) is 8.20. The van der Waals surface area contributed by atoms with Gasteiger partial charge in [0.15, 0.2) is 0 Å². The highest BCUT2D eigenvalue weighted by Crippen LogP contribution is 2.22. The molecule has 5 N–H and O–H groups in total. The number of aromatic nitrogens is 2. The van der Waals surface area contributed by atoms with Crippen molar-refractivity contribution in [1.29, 1.82) is 0 Å². The van der Waals surface area contributed by atoms with Gasteiger partial charge in [-0.05, 0) is 30.2 Å². The molecule has 0 radical (unpaired) electrons. The largest absolute Gasteiger partial charge is 0.497 e. The number of benzene rings is 2. The Morgan fingerprint density at radius 3 is 2.19 bits per heavy atom. The van der Waals surface area contributed by atoms with Gasteiger partial charge in [-0.2, -0.15) is 0 Å². The highest BCUT2D eigenvalue weighted by atomic mass is 16.5. The fourth-order valence-electron chi connectivity index (χ4n) is 3.50. The summed E-state index contributed by atoms with van der Waals surface area (Å²) < 4.78 is 10.4. The summed E-state index contributed by atoms with van der Waals surface area (Å²) in [6.07, 6.45) is 0. The van der Waals surface area contributed by atoms with Crippen molar-refractivity contribution in [3.8, 4) is 11.5 Å². The van der Waals surface area contributed by atoms with Crippen molar-refractivity contribution in [3.05, 3.63) is 62.7 Å². The summed E-state index contributed by atoms with van der Waals surface area (Å²) in [6.45, 7) is 3.07. The number of nitrogens with one attached hydrogen (secondary N) is 5. The normalized spacial score (nSPS) is 11.6. The summed E-state index contributed by atoms with van der Waals surface area (Å²) >= 11 is 0. The van der Waals surface area contributed by atoms with Crippen LogP contribution in [0.15, 0.2) is 46.0 Å². The van der Waals surface area contributed by atoms with Crippen LogP contribution in [0.25, 0.3) is 10.8 Å². The zero-order valence-electron chi connectivity index (χ0n) is 20.2. The highest BCUT2D eigenvalue weighted by Gasteiger charge is 2.25. The van der Waals surface area contributed by atoms with Gasteiger partial charge in [0.2, 0.25) is 11.8 Å². The number of rotatable bonds is 9. The van der Waals surface area contributed by atoms with Crippen LogP contribution in [-0.2, 0) is 9.59 Å². The number of fused-ring (bicyclic) bond motifs is 1. The summed E-state index contributed by atoms with van der Waals surface area (Å²) in [6, 6.07) is 8.13. The number of carbonyl (C=O) groups is 3. The first-order valence-electron chi connectivity index (χ1n) is 11.0. The molecule has 3 amide bonds. The first-order chi connectivity index (χ1) is 17.1. The highest BCUT2D eigenvalue weighted by molar-refractivity contribution is 6.03. The van der Waals surface area contributed by atoms with E-state index in [2.05, 4.69) is 26.1 Å². The Morgan fingerprint density at radius 1 is 0.944 bits per heavy atom. The summed E-state index contributed by atoms with van der Waals surface area (Å²) in [5.74, 6) is -1.19. The first kappa shape index (κ1) is 26.0. The number of carbonyl (C=O) groups excluding carboxylic acids is 3. The Bertz CT molecular complexity index is 1390. The minimum atomic E-state index is -0.943. The van der Waals surface area contributed by atoms with Crippen LogP contribution in [0.1, 0.15) is 24.2 Å². The van der Waals surface area contributed by atoms with E-state index in [0.717, 1.165) is 0 Å². The number of hydrogen-bond donors (Lipinski definition) is 5. The van der Waals surface area contributed by atoms with Crippen molar-refractivity contribution in [1.82, 2.24) is 20.8 Å². The second-order valence-electron chi connectivity index (χ2n) is 8.20. The lowest BCUT2D eigenvalue weighted by atomic mass is 10.0. The van der Waals surface area contributed by atoms with E-state index in [1.165, 1.54) is 44.6 Å². The number of H-pyrrole nitrogens is 2. The zero-order valence-corrected chi connectivity index (χ0v) is 20.2. The van der Waals surface area contributed by atoms with Crippen LogP contribution < -0.4 is 36.5 Å². The fraction of sp³-hybridized carbons (Fsp3) is 0.292. The maximum absolute atomic E-state index is 12.8. The van der Waals surface area contributed by atoms with Gasteiger partial charge in [-0.1, -0.05) is 19.9 Å². The standard InChI is InChI=1S/C24H27N5O7/c1-12(2)20(27-21(31)13-8-14(35-3)10-15(9-13)36-4)24(34)25-11-18(30)26-17-7-5-6-16-19(17)23(33)29-28-22(16)32/h5-10,12,20H,11H2,1-4H3,(H,25,34)(H,26,30)(H,27,31)(H,28,32)(H,29,33). The molecule has 36 heavy (non-hydrogen) atoms. The van der Waals surface area contributed by atoms with Crippen LogP contribution in [-0.4, -0.2) is 54.7 Å². The molecule has 0 spiro atoms. The number of amides is 3. The molecule has 190 valence electrons. The van der Waals surface area contributed by atoms with Gasteiger partial charge in [0.1, 0.15) is 17.5 Å². The Labute approximate surface area is 205 Å². The quantitative estimate of drug-likeness (QED) is 0.290. The van der Waals surface area contributed by atoms with E-state index < -0.39 is 41.4 Å². The third-order valence-corrected chi connectivity index (χ3v) is 5.37. The molecule has 3 aromatic rings. The molecule has 1 aromatic heterocycles. The van der Waals surface area contributed by atoms with E-state index in [1.54, 1.807) is 19.9 Å². The molecule has 3 rings (SSSR count). The van der Waals surface area contributed by atoms with E-state index in [4.69, 9.17) is 9.47 Å². The topological polar surface area (TPSA) is 171 Å². The molecule has 1 heterocycles. The van der Waals surface area contributed by atoms with Gasteiger partial charge in [-0.15, -0.1) is 0 Å². The van der Waals surface area contributed by atoms with Gasteiger partial charge >= 0.3 is 0 Å². The fourth-order valence-corrected chi connectivity index (χ4v) is 3.50. The first-order valence-corrected chi connectivity index (χ1v) is 11.0. The number of aromatic amines is 2. The Morgan fingerprint density at radius 2 is 1.58 bits per heavy atom. The van der Waals surface area contributed by atoms with Crippen LogP contribution in [0.5, 0.6) is 11.5 Å². The zero-order chi connectivity index (χ0) is 26.4. The van der Waals surface area contributed by atoms with E-state index in [9.17, 15) is 24.0 Å². The monoisotopic (exact) mass is 497 g/mol. The van der Waals surface area contributed by atoms with E-state index in [0.29, 0.717) is 11.5 Å². The minimum absolute atomic E-state index is 0.0157. The Balaban J connectivity index is 1.68. The van der Waals surface area contributed by atoms with Gasteiger partial charge in [0.05, 0.1) is 37.2 Å². The van der Waals surface area contributed by atoms with Crippen LogP contribution in [0, 0.1) is 5.92 Å². The molecule has 0 aliphatic carbocycles. The van der Waals surface area contributed by atoms with Crippen molar-refractivity contribution in [3.63, 3.8) is 0 Å². The lowest BCUT2D eigenvalue weighted by molar-refractivity contribution is -0.126. The van der Waals surface area contributed by atoms with Crippen LogP contribution in [0.4, 0.5) is 5.69 Å². The maximum atomic E-state index is 12.8.